The largest absolute Gasteiger partial charge is 0.435 e. The number of hydrogen-bond donors (Lipinski definition) is 1. The van der Waals surface area contributed by atoms with Gasteiger partial charge in [0, 0.05) is 16.8 Å². The van der Waals surface area contributed by atoms with Crippen LogP contribution in [0.2, 0.25) is 0 Å². The van der Waals surface area contributed by atoms with E-state index < -0.39 is 17.8 Å². The van der Waals surface area contributed by atoms with E-state index in [1.807, 2.05) is 52.8 Å². The molecule has 2 aromatic carbocycles. The minimum absolute atomic E-state index is 0.00795. The number of aryl methyl sites for hydroxylation is 1. The van der Waals surface area contributed by atoms with Gasteiger partial charge in [0.1, 0.15) is 17.0 Å². The van der Waals surface area contributed by atoms with Gasteiger partial charge in [-0.2, -0.15) is 8.78 Å². The van der Waals surface area contributed by atoms with Gasteiger partial charge in [0.05, 0.1) is 17.4 Å². The van der Waals surface area contributed by atoms with Crippen molar-refractivity contribution in [1.82, 2.24) is 5.32 Å². The molecule has 4 rings (SSSR count). The second kappa shape index (κ2) is 9.78. The first-order chi connectivity index (χ1) is 16.9. The highest BCUT2D eigenvalue weighted by Gasteiger charge is 2.50. The predicted molar refractivity (Wildman–Crippen MR) is 134 cm³/mol. The number of nitrogens with one attached hydrogen (secondary N) is 1. The summed E-state index contributed by atoms with van der Waals surface area (Å²) < 4.78 is 29.9. The molecule has 1 heterocycles. The van der Waals surface area contributed by atoms with Gasteiger partial charge in [0.25, 0.3) is 5.91 Å². The van der Waals surface area contributed by atoms with Crippen molar-refractivity contribution >= 4 is 23.0 Å². The fourth-order valence-electron chi connectivity index (χ4n) is 4.23. The highest BCUT2D eigenvalue weighted by molar-refractivity contribution is 6.02. The second-order valence-corrected chi connectivity index (χ2v) is 10.3. The second-order valence-electron chi connectivity index (χ2n) is 10.3. The molecule has 9 heteroatoms. The van der Waals surface area contributed by atoms with Crippen LogP contribution in [0.15, 0.2) is 41.4 Å². The number of nitrogens with zero attached hydrogens (tertiary/aromatic N) is 2. The molecule has 1 saturated heterocycles. The molecule has 2 aromatic rings. The van der Waals surface area contributed by atoms with Crippen molar-refractivity contribution in [2.24, 2.45) is 4.99 Å². The molecular weight excluding hydrogens is 468 g/mol. The summed E-state index contributed by atoms with van der Waals surface area (Å²) in [6.45, 7) is 8.55. The smallest absolute Gasteiger partial charge is 0.387 e. The number of benzene rings is 2. The first-order valence-corrected chi connectivity index (χ1v) is 12.1. The molecule has 1 saturated carbocycles. The third kappa shape index (κ3) is 5.22. The molecule has 194 valence electrons. The van der Waals surface area contributed by atoms with Crippen LogP contribution >= 0.6 is 0 Å². The Morgan fingerprint density at radius 1 is 1.14 bits per heavy atom. The molecule has 1 aliphatic heterocycles. The molecule has 7 nitrogen and oxygen atoms in total. The maximum Gasteiger partial charge on any atom is 0.387 e. The summed E-state index contributed by atoms with van der Waals surface area (Å²) in [7, 11) is 0. The van der Waals surface area contributed by atoms with Crippen LogP contribution in [0, 0.1) is 13.8 Å². The van der Waals surface area contributed by atoms with Crippen molar-refractivity contribution in [1.29, 1.82) is 0 Å². The molecule has 1 aliphatic carbocycles. The molecule has 0 spiro atoms. The number of carbonyl (C=O) groups excluding carboxylic acids is 1. The van der Waals surface area contributed by atoms with Crippen molar-refractivity contribution in [3.63, 3.8) is 0 Å². The number of halogens is 2. The Hall–Kier alpha value is -3.04. The lowest BCUT2D eigenvalue weighted by molar-refractivity contribution is -0.0503. The van der Waals surface area contributed by atoms with Gasteiger partial charge in [0.2, 0.25) is 0 Å². The Kier molecular flexibility index (Phi) is 7.07. The number of anilines is 1. The van der Waals surface area contributed by atoms with E-state index in [2.05, 4.69) is 10.1 Å². The summed E-state index contributed by atoms with van der Waals surface area (Å²) in [5.41, 5.74) is 3.10. The third-order valence-corrected chi connectivity index (χ3v) is 7.11. The van der Waals surface area contributed by atoms with Crippen molar-refractivity contribution in [3.05, 3.63) is 53.1 Å². The monoisotopic (exact) mass is 501 g/mol. The average Bonchev–Trinajstić information content (AvgIpc) is 3.30. The maximum absolute atomic E-state index is 13.0. The number of rotatable bonds is 6. The van der Waals surface area contributed by atoms with E-state index in [-0.39, 0.29) is 17.7 Å². The molecule has 2 fully saturated rings. The number of hydrogen-bond acceptors (Lipinski definition) is 6. The first kappa shape index (κ1) is 26.0. The van der Waals surface area contributed by atoms with Crippen LogP contribution in [0.3, 0.4) is 0 Å². The Balaban J connectivity index is 1.50. The highest BCUT2D eigenvalue weighted by atomic mass is 19.3. The maximum atomic E-state index is 13.0. The third-order valence-electron chi connectivity index (χ3n) is 7.11. The van der Waals surface area contributed by atoms with Gasteiger partial charge in [-0.05, 0) is 96.7 Å². The summed E-state index contributed by atoms with van der Waals surface area (Å²) >= 11 is 0. The molecule has 0 aromatic heterocycles. The van der Waals surface area contributed by atoms with Crippen LogP contribution in [0.25, 0.3) is 0 Å². The number of alkyl halides is 2. The van der Waals surface area contributed by atoms with Gasteiger partial charge in [-0.1, -0.05) is 6.07 Å². The Morgan fingerprint density at radius 3 is 2.47 bits per heavy atom. The minimum atomic E-state index is -2.95. The lowest BCUT2D eigenvalue weighted by Crippen LogP contribution is -2.41. The average molecular weight is 502 g/mol. The van der Waals surface area contributed by atoms with Crippen molar-refractivity contribution in [2.45, 2.75) is 84.7 Å². The van der Waals surface area contributed by atoms with Crippen LogP contribution in [-0.4, -0.2) is 35.5 Å². The normalized spacial score (nSPS) is 21.9. The minimum Gasteiger partial charge on any atom is -0.435 e. The van der Waals surface area contributed by atoms with E-state index in [4.69, 9.17) is 14.7 Å². The van der Waals surface area contributed by atoms with Crippen LogP contribution in [0.5, 0.6) is 5.75 Å². The first-order valence-electron chi connectivity index (χ1n) is 12.1. The summed E-state index contributed by atoms with van der Waals surface area (Å²) in [5.74, 6) is -0.348. The zero-order chi connectivity index (χ0) is 26.3. The molecule has 1 N–H and O–H groups in total. The Labute approximate surface area is 210 Å². The fourth-order valence-corrected chi connectivity index (χ4v) is 4.23. The molecule has 0 radical (unpaired) electrons. The summed E-state index contributed by atoms with van der Waals surface area (Å²) in [6.07, 6.45) is 2.42. The number of aliphatic imine (C=N–C) groups is 1. The molecule has 36 heavy (non-hydrogen) atoms. The van der Waals surface area contributed by atoms with Gasteiger partial charge < -0.3 is 10.1 Å². The lowest BCUT2D eigenvalue weighted by atomic mass is 9.90. The zero-order valence-corrected chi connectivity index (χ0v) is 21.5. The van der Waals surface area contributed by atoms with E-state index in [1.165, 1.54) is 17.4 Å². The fraction of sp³-hybridized carbons (Fsp3) is 0.481. The number of carbonyl (C=O) groups is 1. The molecule has 2 aliphatic rings. The lowest BCUT2D eigenvalue weighted by Gasteiger charge is -2.26. The highest BCUT2D eigenvalue weighted by Crippen LogP contribution is 2.40. The quantitative estimate of drug-likeness (QED) is 0.510. The van der Waals surface area contributed by atoms with Gasteiger partial charge in [-0.3, -0.25) is 9.79 Å². The SMILES string of the molecule is Cc1cc(N2OC(C)(C)C(C)(C)O2)ccc1N=C1CCCC1NC(=O)c1cccc(OC(F)F)c1C. The molecule has 1 unspecified atom stereocenters. The van der Waals surface area contributed by atoms with E-state index in [0.29, 0.717) is 11.1 Å². The molecular formula is C27H33F2N3O4. The predicted octanol–water partition coefficient (Wildman–Crippen LogP) is 6.20. The van der Waals surface area contributed by atoms with Crippen LogP contribution < -0.4 is 15.3 Å². The van der Waals surface area contributed by atoms with Gasteiger partial charge in [-0.25, -0.2) is 9.68 Å². The van der Waals surface area contributed by atoms with Crippen LogP contribution in [0.4, 0.5) is 20.2 Å². The Bertz CT molecular complexity index is 1160. The van der Waals surface area contributed by atoms with Crippen molar-refractivity contribution < 1.29 is 28.0 Å². The number of ether oxygens (including phenoxy) is 1. The van der Waals surface area contributed by atoms with E-state index >= 15 is 0 Å². The standard InChI is InChI=1S/C27H33F2N3O4/c1-16-15-18(32-35-26(3,4)27(5,6)36-32)13-14-20(16)30-21-10-8-11-22(21)31-24(33)19-9-7-12-23(17(19)2)34-25(28)29/h7,9,12-15,22,25H,8,10-11H2,1-6H3,(H,31,33). The number of amides is 1. The van der Waals surface area contributed by atoms with E-state index in [0.717, 1.165) is 41.9 Å². The van der Waals surface area contributed by atoms with Gasteiger partial charge in [0.15, 0.2) is 0 Å². The summed E-state index contributed by atoms with van der Waals surface area (Å²) in [4.78, 5) is 29.8. The van der Waals surface area contributed by atoms with Crippen molar-refractivity contribution in [2.75, 3.05) is 5.23 Å². The zero-order valence-electron chi connectivity index (χ0n) is 21.5. The van der Waals surface area contributed by atoms with Crippen LogP contribution in [-0.2, 0) is 9.68 Å². The van der Waals surface area contributed by atoms with E-state index in [1.54, 1.807) is 13.0 Å². The van der Waals surface area contributed by atoms with E-state index in [9.17, 15) is 13.6 Å². The topological polar surface area (TPSA) is 72.4 Å². The summed E-state index contributed by atoms with van der Waals surface area (Å²) in [6, 6.07) is 10.1. The molecule has 1 amide bonds. The van der Waals surface area contributed by atoms with Gasteiger partial charge >= 0.3 is 6.61 Å². The Morgan fingerprint density at radius 2 is 1.83 bits per heavy atom. The van der Waals surface area contributed by atoms with Crippen molar-refractivity contribution in [3.8, 4) is 5.75 Å². The molecule has 1 atom stereocenters. The summed E-state index contributed by atoms with van der Waals surface area (Å²) in [5, 5.41) is 4.47. The molecule has 0 bridgehead atoms. The van der Waals surface area contributed by atoms with Crippen LogP contribution in [0.1, 0.15) is 68.4 Å². The van der Waals surface area contributed by atoms with Gasteiger partial charge in [-0.15, -0.1) is 5.23 Å².